The van der Waals surface area contributed by atoms with E-state index in [0.29, 0.717) is 17.8 Å². The molecule has 0 amide bonds. The van der Waals surface area contributed by atoms with E-state index in [0.717, 1.165) is 4.68 Å². The topological polar surface area (TPSA) is 61.9 Å². The molecular weight excluding hydrogens is 430 g/mol. The number of aromatic nitrogens is 4. The molecule has 0 N–H and O–H groups in total. The molecule has 0 saturated heterocycles. The lowest BCUT2D eigenvalue weighted by Crippen LogP contribution is -2.14. The lowest BCUT2D eigenvalue weighted by molar-refractivity contribution is -0.143. The first-order valence-electron chi connectivity index (χ1n) is 8.92. The largest absolute Gasteiger partial charge is 0.461 e. The monoisotopic (exact) mass is 446 g/mol. The van der Waals surface area contributed by atoms with Crippen LogP contribution < -0.4 is 0 Å². The molecule has 0 unspecified atom stereocenters. The molecule has 1 aromatic carbocycles. The maximum atomic E-state index is 13.2. The number of rotatable bonds is 5. The number of benzene rings is 1. The summed E-state index contributed by atoms with van der Waals surface area (Å²) in [5.41, 5.74) is -2.86. The highest BCUT2D eigenvalue weighted by Gasteiger charge is 2.37. The number of alkyl halides is 6. The molecule has 0 radical (unpaired) electrons. The Morgan fingerprint density at radius 2 is 1.68 bits per heavy atom. The molecule has 166 valence electrons. The summed E-state index contributed by atoms with van der Waals surface area (Å²) in [5, 5.41) is 7.54. The highest BCUT2D eigenvalue weighted by Crippen LogP contribution is 2.36. The lowest BCUT2D eigenvalue weighted by Gasteiger charge is -2.15. The molecule has 0 fully saturated rings. The van der Waals surface area contributed by atoms with Crippen LogP contribution in [0.4, 0.5) is 26.3 Å². The van der Waals surface area contributed by atoms with Crippen LogP contribution in [0.5, 0.6) is 0 Å². The van der Waals surface area contributed by atoms with Crippen LogP contribution in [-0.2, 0) is 30.7 Å². The molecule has 0 saturated carbocycles. The van der Waals surface area contributed by atoms with E-state index >= 15 is 0 Å². The molecule has 2 heterocycles. The van der Waals surface area contributed by atoms with E-state index < -0.39 is 36.0 Å². The second kappa shape index (κ2) is 8.08. The molecule has 31 heavy (non-hydrogen) atoms. The minimum Gasteiger partial charge on any atom is -0.461 e. The van der Waals surface area contributed by atoms with E-state index in [1.807, 2.05) is 0 Å². The zero-order valence-electron chi connectivity index (χ0n) is 16.3. The van der Waals surface area contributed by atoms with Gasteiger partial charge in [-0.25, -0.2) is 9.48 Å². The first-order valence-corrected chi connectivity index (χ1v) is 8.92. The summed E-state index contributed by atoms with van der Waals surface area (Å²) in [7, 11) is 1.65. The number of carbonyl (C=O) groups is 1. The molecule has 2 aromatic heterocycles. The van der Waals surface area contributed by atoms with Crippen LogP contribution in [0.15, 0.2) is 36.5 Å². The van der Waals surface area contributed by atoms with Crippen LogP contribution >= 0.6 is 0 Å². The average Bonchev–Trinajstić information content (AvgIpc) is 3.26. The van der Waals surface area contributed by atoms with Crippen molar-refractivity contribution in [3.8, 4) is 11.4 Å². The predicted octanol–water partition coefficient (Wildman–Crippen LogP) is 4.55. The van der Waals surface area contributed by atoms with Crippen molar-refractivity contribution in [1.29, 1.82) is 0 Å². The third-order valence-electron chi connectivity index (χ3n) is 4.37. The van der Waals surface area contributed by atoms with Crippen molar-refractivity contribution in [2.45, 2.75) is 25.8 Å². The fraction of sp³-hybridized carbons (Fsp3) is 0.316. The van der Waals surface area contributed by atoms with Gasteiger partial charge in [0, 0.05) is 13.2 Å². The third-order valence-corrected chi connectivity index (χ3v) is 4.37. The van der Waals surface area contributed by atoms with Gasteiger partial charge in [-0.2, -0.15) is 26.3 Å². The van der Waals surface area contributed by atoms with E-state index in [1.165, 1.54) is 0 Å². The number of halogens is 6. The van der Waals surface area contributed by atoms with Crippen LogP contribution in [0.1, 0.15) is 34.1 Å². The van der Waals surface area contributed by atoms with Gasteiger partial charge in [-0.15, -0.1) is 5.10 Å². The highest BCUT2D eigenvalue weighted by atomic mass is 19.4. The predicted molar refractivity (Wildman–Crippen MR) is 95.9 cm³/mol. The van der Waals surface area contributed by atoms with Gasteiger partial charge in [0.05, 0.1) is 30.0 Å². The Labute approximate surface area is 172 Å². The van der Waals surface area contributed by atoms with Crippen molar-refractivity contribution in [2.24, 2.45) is 7.05 Å². The fourth-order valence-corrected chi connectivity index (χ4v) is 3.00. The van der Waals surface area contributed by atoms with Gasteiger partial charge in [-0.1, -0.05) is 5.21 Å². The second-order valence-electron chi connectivity index (χ2n) is 6.58. The second-order valence-corrected chi connectivity index (χ2v) is 6.58. The Bertz CT molecular complexity index is 1070. The lowest BCUT2D eigenvalue weighted by atomic mass is 10.0. The smallest absolute Gasteiger partial charge is 0.416 e. The van der Waals surface area contributed by atoms with Gasteiger partial charge in [0.1, 0.15) is 5.69 Å². The van der Waals surface area contributed by atoms with Crippen molar-refractivity contribution in [2.75, 3.05) is 6.61 Å². The van der Waals surface area contributed by atoms with Crippen molar-refractivity contribution in [3.05, 3.63) is 58.9 Å². The highest BCUT2D eigenvalue weighted by molar-refractivity contribution is 5.93. The molecule has 6 nitrogen and oxygen atoms in total. The van der Waals surface area contributed by atoms with E-state index in [1.54, 1.807) is 36.9 Å². The molecule has 3 aromatic rings. The summed E-state index contributed by atoms with van der Waals surface area (Å²) in [6.45, 7) is 1.13. The number of hydrogen-bond acceptors (Lipinski definition) is 4. The summed E-state index contributed by atoms with van der Waals surface area (Å²) < 4.78 is 86.6. The molecule has 0 aliphatic carbocycles. The van der Waals surface area contributed by atoms with Crippen LogP contribution in [0.3, 0.4) is 0 Å². The van der Waals surface area contributed by atoms with Gasteiger partial charge in [0.25, 0.3) is 0 Å². The van der Waals surface area contributed by atoms with E-state index in [4.69, 9.17) is 4.74 Å². The average molecular weight is 446 g/mol. The Kier molecular flexibility index (Phi) is 5.83. The molecule has 3 rings (SSSR count). The number of nitrogens with zero attached hydrogens (tertiary/aromatic N) is 4. The first kappa shape index (κ1) is 22.4. The Morgan fingerprint density at radius 1 is 1.06 bits per heavy atom. The van der Waals surface area contributed by atoms with Gasteiger partial charge in [-0.3, -0.25) is 0 Å². The minimum absolute atomic E-state index is 0.0425. The normalized spacial score (nSPS) is 12.3. The standard InChI is InChI=1S/C19H16F6N4O2/c1-3-31-17(30)15-16(14-5-4-6-28(14)2)29(27-26-15)10-11-7-12(18(20,21)22)9-13(8-11)19(23,24)25/h4-9H,3,10H2,1-2H3. The molecule has 0 aliphatic heterocycles. The van der Waals surface area contributed by atoms with Crippen molar-refractivity contribution in [1.82, 2.24) is 19.6 Å². The van der Waals surface area contributed by atoms with Gasteiger partial charge in [0.2, 0.25) is 0 Å². The number of ether oxygens (including phenoxy) is 1. The quantitative estimate of drug-likeness (QED) is 0.426. The molecule has 0 bridgehead atoms. The number of carbonyl (C=O) groups excluding carboxylic acids is 1. The SMILES string of the molecule is CCOC(=O)c1nnn(Cc2cc(C(F)(F)F)cc(C(F)(F)F)c2)c1-c1cccn1C. The Morgan fingerprint density at radius 3 is 2.16 bits per heavy atom. The summed E-state index contributed by atoms with van der Waals surface area (Å²) in [6.07, 6.45) is -8.31. The molecule has 0 spiro atoms. The maximum Gasteiger partial charge on any atom is 0.416 e. The number of aryl methyl sites for hydroxylation is 1. The summed E-state index contributed by atoms with van der Waals surface area (Å²) in [4.78, 5) is 12.3. The minimum atomic E-state index is -4.98. The fourth-order valence-electron chi connectivity index (χ4n) is 3.00. The van der Waals surface area contributed by atoms with Crippen LogP contribution in [0.2, 0.25) is 0 Å². The van der Waals surface area contributed by atoms with Gasteiger partial charge in [0.15, 0.2) is 5.69 Å². The van der Waals surface area contributed by atoms with Crippen LogP contribution in [-0.4, -0.2) is 32.1 Å². The number of hydrogen-bond donors (Lipinski definition) is 0. The van der Waals surface area contributed by atoms with E-state index in [9.17, 15) is 31.1 Å². The van der Waals surface area contributed by atoms with Crippen LogP contribution in [0, 0.1) is 0 Å². The third kappa shape index (κ3) is 4.72. The zero-order valence-corrected chi connectivity index (χ0v) is 16.3. The first-order chi connectivity index (χ1) is 14.4. The Balaban J connectivity index is 2.13. The Hall–Kier alpha value is -3.31. The van der Waals surface area contributed by atoms with Crippen molar-refractivity contribution < 1.29 is 35.9 Å². The summed E-state index contributed by atoms with van der Waals surface area (Å²) in [5.74, 6) is -0.815. The van der Waals surface area contributed by atoms with Gasteiger partial charge < -0.3 is 9.30 Å². The van der Waals surface area contributed by atoms with Crippen molar-refractivity contribution >= 4 is 5.97 Å². The van der Waals surface area contributed by atoms with E-state index in [2.05, 4.69) is 10.3 Å². The number of esters is 1. The summed E-state index contributed by atoms with van der Waals surface area (Å²) >= 11 is 0. The molecule has 0 atom stereocenters. The van der Waals surface area contributed by atoms with Gasteiger partial charge >= 0.3 is 18.3 Å². The van der Waals surface area contributed by atoms with E-state index in [-0.39, 0.29) is 29.6 Å². The molecular formula is C19H16F6N4O2. The maximum absolute atomic E-state index is 13.2. The van der Waals surface area contributed by atoms with Crippen LogP contribution in [0.25, 0.3) is 11.4 Å². The zero-order chi connectivity index (χ0) is 23.0. The summed E-state index contributed by atoms with van der Waals surface area (Å²) in [6, 6.07) is 4.51. The molecule has 12 heteroatoms. The van der Waals surface area contributed by atoms with Gasteiger partial charge in [-0.05, 0) is 42.8 Å². The molecule has 0 aliphatic rings. The van der Waals surface area contributed by atoms with Crippen molar-refractivity contribution in [3.63, 3.8) is 0 Å².